The fraction of sp³-hybridized carbons (Fsp3) is 0.300. The van der Waals surface area contributed by atoms with Crippen molar-refractivity contribution in [1.29, 1.82) is 0 Å². The van der Waals surface area contributed by atoms with Gasteiger partial charge in [-0.05, 0) is 30.5 Å². The van der Waals surface area contributed by atoms with Gasteiger partial charge >= 0.3 is 5.97 Å². The van der Waals surface area contributed by atoms with Crippen LogP contribution in [0, 0.1) is 10.1 Å². The highest BCUT2D eigenvalue weighted by atomic mass is 16.9. The molecule has 16 heavy (non-hydrogen) atoms. The third-order valence-corrected chi connectivity index (χ3v) is 2.01. The molecule has 0 fully saturated rings. The van der Waals surface area contributed by atoms with E-state index in [2.05, 4.69) is 4.84 Å². The van der Waals surface area contributed by atoms with E-state index in [1.165, 1.54) is 12.1 Å². The second kappa shape index (κ2) is 5.69. The lowest BCUT2D eigenvalue weighted by Crippen LogP contribution is -2.03. The summed E-state index contributed by atoms with van der Waals surface area (Å²) < 4.78 is 0. The third kappa shape index (κ3) is 3.95. The molecule has 1 N–H and O–H groups in total. The molecule has 0 aliphatic carbocycles. The Bertz CT molecular complexity index is 373. The number of aryl methyl sites for hydroxylation is 1. The highest BCUT2D eigenvalue weighted by Gasteiger charge is 2.01. The first-order valence-electron chi connectivity index (χ1n) is 4.69. The molecule has 0 heterocycles. The zero-order valence-corrected chi connectivity index (χ0v) is 8.46. The molecule has 0 saturated carbocycles. The summed E-state index contributed by atoms with van der Waals surface area (Å²) in [4.78, 5) is 24.6. The quantitative estimate of drug-likeness (QED) is 0.450. The Kier molecular flexibility index (Phi) is 4.26. The van der Waals surface area contributed by atoms with Crippen molar-refractivity contribution in [1.82, 2.24) is 0 Å². The maximum Gasteiger partial charge on any atom is 0.335 e. The Labute approximate surface area is 91.6 Å². The van der Waals surface area contributed by atoms with Crippen LogP contribution in [0.5, 0.6) is 0 Å². The summed E-state index contributed by atoms with van der Waals surface area (Å²) in [6, 6.07) is 6.39. The standard InChI is InChI=1S/C10H11NO5/c12-10(13)9-5-3-8(4-6-9)2-1-7-16-11(14)15/h3-6H,1-2,7H2,(H,12,13). The largest absolute Gasteiger partial charge is 0.478 e. The van der Waals surface area contributed by atoms with Crippen molar-refractivity contribution >= 4 is 5.97 Å². The van der Waals surface area contributed by atoms with Crippen LogP contribution in [-0.4, -0.2) is 22.8 Å². The summed E-state index contributed by atoms with van der Waals surface area (Å²) in [5.74, 6) is -0.969. The Morgan fingerprint density at radius 2 is 2.00 bits per heavy atom. The van der Waals surface area contributed by atoms with Crippen LogP contribution in [0.3, 0.4) is 0 Å². The lowest BCUT2D eigenvalue weighted by Gasteiger charge is -2.01. The fourth-order valence-corrected chi connectivity index (χ4v) is 1.23. The number of aromatic carboxylic acids is 1. The van der Waals surface area contributed by atoms with Crippen molar-refractivity contribution in [3.63, 3.8) is 0 Å². The van der Waals surface area contributed by atoms with E-state index in [1.54, 1.807) is 12.1 Å². The topological polar surface area (TPSA) is 89.7 Å². The number of hydrogen-bond acceptors (Lipinski definition) is 4. The van der Waals surface area contributed by atoms with E-state index in [-0.39, 0.29) is 12.2 Å². The summed E-state index contributed by atoms with van der Waals surface area (Å²) in [6.45, 7) is 0.0493. The van der Waals surface area contributed by atoms with Gasteiger partial charge in [0.25, 0.3) is 5.09 Å². The van der Waals surface area contributed by atoms with Gasteiger partial charge in [0.1, 0.15) is 0 Å². The molecule has 1 aromatic carbocycles. The van der Waals surface area contributed by atoms with Gasteiger partial charge in [-0.1, -0.05) is 12.1 Å². The minimum absolute atomic E-state index is 0.0493. The van der Waals surface area contributed by atoms with E-state index in [0.717, 1.165) is 5.56 Å². The van der Waals surface area contributed by atoms with Crippen LogP contribution in [0.15, 0.2) is 24.3 Å². The van der Waals surface area contributed by atoms with Crippen LogP contribution >= 0.6 is 0 Å². The van der Waals surface area contributed by atoms with E-state index >= 15 is 0 Å². The molecule has 6 heteroatoms. The molecular formula is C10H11NO5. The summed E-state index contributed by atoms with van der Waals surface area (Å²) in [5, 5.41) is 17.7. The van der Waals surface area contributed by atoms with Crippen LogP contribution in [0.25, 0.3) is 0 Å². The Balaban J connectivity index is 2.38. The van der Waals surface area contributed by atoms with Crippen LogP contribution in [-0.2, 0) is 11.3 Å². The van der Waals surface area contributed by atoms with Crippen LogP contribution in [0.1, 0.15) is 22.3 Å². The van der Waals surface area contributed by atoms with Crippen molar-refractivity contribution in [2.45, 2.75) is 12.8 Å². The molecule has 1 aromatic rings. The zero-order valence-electron chi connectivity index (χ0n) is 8.46. The lowest BCUT2D eigenvalue weighted by atomic mass is 10.1. The average molecular weight is 225 g/mol. The second-order valence-corrected chi connectivity index (χ2v) is 3.16. The van der Waals surface area contributed by atoms with E-state index in [0.29, 0.717) is 12.8 Å². The predicted molar refractivity (Wildman–Crippen MR) is 54.7 cm³/mol. The third-order valence-electron chi connectivity index (χ3n) is 2.01. The summed E-state index contributed by atoms with van der Waals surface area (Å²) >= 11 is 0. The molecule has 0 radical (unpaired) electrons. The number of carbonyl (C=O) groups is 1. The molecule has 0 atom stereocenters. The number of nitrogens with zero attached hydrogens (tertiary/aromatic N) is 1. The van der Waals surface area contributed by atoms with Gasteiger partial charge in [0.05, 0.1) is 12.2 Å². The molecule has 6 nitrogen and oxygen atoms in total. The molecule has 1 rings (SSSR count). The van der Waals surface area contributed by atoms with Crippen molar-refractivity contribution < 1.29 is 19.8 Å². The van der Waals surface area contributed by atoms with Crippen LogP contribution in [0.4, 0.5) is 0 Å². The second-order valence-electron chi connectivity index (χ2n) is 3.16. The van der Waals surface area contributed by atoms with Crippen LogP contribution < -0.4 is 0 Å². The molecule has 0 saturated heterocycles. The van der Waals surface area contributed by atoms with Gasteiger partial charge in [-0.2, -0.15) is 0 Å². The van der Waals surface area contributed by atoms with Crippen molar-refractivity contribution in [2.75, 3.05) is 6.61 Å². The highest BCUT2D eigenvalue weighted by Crippen LogP contribution is 2.06. The van der Waals surface area contributed by atoms with E-state index in [4.69, 9.17) is 5.11 Å². The summed E-state index contributed by atoms with van der Waals surface area (Å²) in [5.41, 5.74) is 1.15. The summed E-state index contributed by atoms with van der Waals surface area (Å²) in [6.07, 6.45) is 1.14. The minimum Gasteiger partial charge on any atom is -0.478 e. The molecule has 0 amide bonds. The monoisotopic (exact) mass is 225 g/mol. The van der Waals surface area contributed by atoms with Gasteiger partial charge < -0.3 is 9.94 Å². The predicted octanol–water partition coefficient (Wildman–Crippen LogP) is 1.53. The first-order chi connectivity index (χ1) is 7.59. The van der Waals surface area contributed by atoms with Gasteiger partial charge in [-0.15, -0.1) is 10.1 Å². The van der Waals surface area contributed by atoms with Crippen molar-refractivity contribution in [3.05, 3.63) is 45.5 Å². The Morgan fingerprint density at radius 3 is 2.50 bits per heavy atom. The molecule has 0 bridgehead atoms. The Hall–Kier alpha value is -2.11. The SMILES string of the molecule is O=C(O)c1ccc(CCCO[N+](=O)[O-])cc1. The average Bonchev–Trinajstić information content (AvgIpc) is 2.25. The highest BCUT2D eigenvalue weighted by molar-refractivity contribution is 5.87. The van der Waals surface area contributed by atoms with Crippen molar-refractivity contribution in [3.8, 4) is 0 Å². The first kappa shape index (κ1) is 12.0. The number of carboxylic acid groups (broad SMARTS) is 1. The number of carboxylic acids is 1. The number of rotatable bonds is 6. The zero-order chi connectivity index (χ0) is 12.0. The summed E-state index contributed by atoms with van der Waals surface area (Å²) in [7, 11) is 0. The molecule has 0 spiro atoms. The molecule has 0 aliphatic rings. The van der Waals surface area contributed by atoms with Gasteiger partial charge in [0.2, 0.25) is 0 Å². The maximum absolute atomic E-state index is 10.6. The van der Waals surface area contributed by atoms with Gasteiger partial charge in [0.15, 0.2) is 0 Å². The normalized spacial score (nSPS) is 9.75. The molecule has 0 aromatic heterocycles. The smallest absolute Gasteiger partial charge is 0.335 e. The maximum atomic E-state index is 10.6. The Morgan fingerprint density at radius 1 is 1.38 bits per heavy atom. The lowest BCUT2D eigenvalue weighted by molar-refractivity contribution is -0.757. The van der Waals surface area contributed by atoms with Gasteiger partial charge in [-0.3, -0.25) is 0 Å². The molecule has 86 valence electrons. The minimum atomic E-state index is -0.969. The van der Waals surface area contributed by atoms with E-state index in [1.807, 2.05) is 0 Å². The number of benzene rings is 1. The van der Waals surface area contributed by atoms with Gasteiger partial charge in [-0.25, -0.2) is 4.79 Å². The molecule has 0 unspecified atom stereocenters. The number of hydrogen-bond donors (Lipinski definition) is 1. The van der Waals surface area contributed by atoms with E-state index < -0.39 is 11.1 Å². The van der Waals surface area contributed by atoms with Crippen molar-refractivity contribution in [2.24, 2.45) is 0 Å². The fourth-order valence-electron chi connectivity index (χ4n) is 1.23. The first-order valence-corrected chi connectivity index (χ1v) is 4.69. The molecule has 0 aliphatic heterocycles. The van der Waals surface area contributed by atoms with Gasteiger partial charge in [0, 0.05) is 0 Å². The van der Waals surface area contributed by atoms with Crippen LogP contribution in [0.2, 0.25) is 0 Å². The molecular weight excluding hydrogens is 214 g/mol. The van der Waals surface area contributed by atoms with E-state index in [9.17, 15) is 14.9 Å².